The lowest BCUT2D eigenvalue weighted by Gasteiger charge is -2.10. The minimum atomic E-state index is -4.63. The molecule has 1 amide bonds. The predicted octanol–water partition coefficient (Wildman–Crippen LogP) is 5.59. The molecule has 0 saturated carbocycles. The lowest BCUT2D eigenvalue weighted by molar-refractivity contribution is -0.138. The van der Waals surface area contributed by atoms with Gasteiger partial charge in [-0.1, -0.05) is 36.3 Å². The van der Waals surface area contributed by atoms with Crippen LogP contribution in [0.15, 0.2) is 24.3 Å². The number of alkyl halides is 3. The number of hydrogen-bond acceptors (Lipinski definition) is 4. The van der Waals surface area contributed by atoms with Gasteiger partial charge in [-0.15, -0.1) is 5.10 Å². The Balaban J connectivity index is 2.07. The second kappa shape index (κ2) is 8.73. The number of halogens is 5. The number of carbonyl (C=O) groups is 1. The lowest BCUT2D eigenvalue weighted by Crippen LogP contribution is -2.30. The highest BCUT2D eigenvalue weighted by Gasteiger charge is 2.36. The van der Waals surface area contributed by atoms with Crippen LogP contribution in [0.1, 0.15) is 37.4 Å². The smallest absolute Gasteiger partial charge is 0.350 e. The van der Waals surface area contributed by atoms with Gasteiger partial charge in [0.25, 0.3) is 0 Å². The van der Waals surface area contributed by atoms with E-state index in [-0.39, 0.29) is 27.4 Å². The number of aromatic nitrogens is 3. The van der Waals surface area contributed by atoms with Gasteiger partial charge in [0.1, 0.15) is 11.5 Å². The molecule has 11 heteroatoms. The average Bonchev–Trinajstić information content (AvgIpc) is 3.18. The summed E-state index contributed by atoms with van der Waals surface area (Å²) in [6, 6.07) is 3.55. The summed E-state index contributed by atoms with van der Waals surface area (Å²) in [6.07, 6.45) is -0.437. The molecule has 0 radical (unpaired) electrons. The minimum absolute atomic E-state index is 0.0304. The van der Waals surface area contributed by atoms with Crippen molar-refractivity contribution in [2.45, 2.75) is 38.9 Å². The summed E-state index contributed by atoms with van der Waals surface area (Å²) in [5.74, 6) is -0.975. The van der Waals surface area contributed by atoms with E-state index in [9.17, 15) is 22.4 Å². The molecule has 0 aliphatic heterocycles. The van der Waals surface area contributed by atoms with Gasteiger partial charge >= 0.3 is 6.18 Å². The van der Waals surface area contributed by atoms with E-state index in [1.54, 1.807) is 0 Å². The van der Waals surface area contributed by atoms with Crippen LogP contribution in [0, 0.1) is 5.82 Å². The van der Waals surface area contributed by atoms with Gasteiger partial charge in [0.05, 0.1) is 10.7 Å². The molecule has 3 aromatic rings. The van der Waals surface area contributed by atoms with Crippen LogP contribution in [0.2, 0.25) is 5.02 Å². The Labute approximate surface area is 178 Å². The number of imidazole rings is 1. The number of nitrogens with zero attached hydrogens (tertiary/aromatic N) is 3. The second-order valence-electron chi connectivity index (χ2n) is 6.60. The Hall–Kier alpha value is -2.46. The van der Waals surface area contributed by atoms with Gasteiger partial charge < -0.3 is 5.32 Å². The van der Waals surface area contributed by atoms with Crippen molar-refractivity contribution in [3.05, 3.63) is 45.8 Å². The lowest BCUT2D eigenvalue weighted by atomic mass is 10.1. The highest BCUT2D eigenvalue weighted by molar-refractivity contribution is 7.16. The van der Waals surface area contributed by atoms with E-state index >= 15 is 0 Å². The molecule has 1 N–H and O–H groups in total. The first-order chi connectivity index (χ1) is 14.1. The van der Waals surface area contributed by atoms with E-state index in [2.05, 4.69) is 15.4 Å². The summed E-state index contributed by atoms with van der Waals surface area (Å²) in [4.78, 5) is 16.4. The molecule has 0 aliphatic rings. The van der Waals surface area contributed by atoms with E-state index < -0.39 is 22.9 Å². The summed E-state index contributed by atoms with van der Waals surface area (Å²) in [5.41, 5.74) is 0.630. The van der Waals surface area contributed by atoms with Crippen molar-refractivity contribution in [1.82, 2.24) is 19.9 Å². The van der Waals surface area contributed by atoms with Crippen LogP contribution in [0.25, 0.3) is 22.3 Å². The average molecular weight is 461 g/mol. The SMILES string of the molecule is CCCC(C)NC(=O)C=Cc1c(-c2ccc(F)cc2Cl)nc2sc(C(F)(F)F)nn12. The third-order valence-corrected chi connectivity index (χ3v) is 5.44. The molecule has 0 aliphatic carbocycles. The molecule has 2 heterocycles. The fourth-order valence-electron chi connectivity index (χ4n) is 2.86. The maximum atomic E-state index is 13.4. The largest absolute Gasteiger partial charge is 0.445 e. The summed E-state index contributed by atoms with van der Waals surface area (Å²) in [5, 5.41) is 5.33. The van der Waals surface area contributed by atoms with Gasteiger partial charge in [-0.05, 0) is 37.6 Å². The Morgan fingerprint density at radius 1 is 1.40 bits per heavy atom. The molecule has 0 bridgehead atoms. The number of fused-ring (bicyclic) bond motifs is 1. The molecule has 3 rings (SSSR count). The number of benzene rings is 1. The van der Waals surface area contributed by atoms with Gasteiger partial charge in [0, 0.05) is 17.7 Å². The van der Waals surface area contributed by atoms with Crippen molar-refractivity contribution >= 4 is 39.9 Å². The molecular formula is C19H17ClF4N4OS. The third kappa shape index (κ3) is 4.81. The van der Waals surface area contributed by atoms with Gasteiger partial charge in [-0.2, -0.15) is 13.2 Å². The molecular weight excluding hydrogens is 444 g/mol. The minimum Gasteiger partial charge on any atom is -0.350 e. The molecule has 1 aromatic carbocycles. The van der Waals surface area contributed by atoms with E-state index in [1.165, 1.54) is 18.2 Å². The Morgan fingerprint density at radius 3 is 2.77 bits per heavy atom. The fourth-order valence-corrected chi connectivity index (χ4v) is 3.89. The van der Waals surface area contributed by atoms with Crippen LogP contribution in [0.5, 0.6) is 0 Å². The number of nitrogens with one attached hydrogen (secondary N) is 1. The van der Waals surface area contributed by atoms with Crippen molar-refractivity contribution in [3.8, 4) is 11.3 Å². The van der Waals surface area contributed by atoms with Crippen LogP contribution in [0.4, 0.5) is 17.6 Å². The maximum absolute atomic E-state index is 13.4. The maximum Gasteiger partial charge on any atom is 0.445 e. The number of amides is 1. The normalized spacial score (nSPS) is 13.3. The van der Waals surface area contributed by atoms with Crippen LogP contribution in [0.3, 0.4) is 0 Å². The highest BCUT2D eigenvalue weighted by Crippen LogP contribution is 2.37. The summed E-state index contributed by atoms with van der Waals surface area (Å²) in [7, 11) is 0. The predicted molar refractivity (Wildman–Crippen MR) is 108 cm³/mol. The second-order valence-corrected chi connectivity index (χ2v) is 7.96. The quantitative estimate of drug-likeness (QED) is 0.385. The van der Waals surface area contributed by atoms with Crippen LogP contribution in [-0.2, 0) is 11.0 Å². The van der Waals surface area contributed by atoms with Crippen LogP contribution < -0.4 is 5.32 Å². The fraction of sp³-hybridized carbons (Fsp3) is 0.316. The molecule has 0 spiro atoms. The van der Waals surface area contributed by atoms with Gasteiger partial charge in [-0.25, -0.2) is 13.9 Å². The number of carbonyl (C=O) groups excluding carboxylic acids is 1. The molecule has 1 atom stereocenters. The number of rotatable bonds is 6. The monoisotopic (exact) mass is 460 g/mol. The van der Waals surface area contributed by atoms with E-state index in [0.29, 0.717) is 16.9 Å². The zero-order chi connectivity index (χ0) is 22.1. The van der Waals surface area contributed by atoms with Crippen molar-refractivity contribution in [3.63, 3.8) is 0 Å². The van der Waals surface area contributed by atoms with Crippen molar-refractivity contribution in [1.29, 1.82) is 0 Å². The van der Waals surface area contributed by atoms with Gasteiger partial charge in [0.15, 0.2) is 0 Å². The van der Waals surface area contributed by atoms with E-state index in [1.807, 2.05) is 13.8 Å². The Morgan fingerprint density at radius 2 is 2.13 bits per heavy atom. The van der Waals surface area contributed by atoms with Crippen molar-refractivity contribution in [2.75, 3.05) is 0 Å². The number of hydrogen-bond donors (Lipinski definition) is 1. The van der Waals surface area contributed by atoms with Crippen molar-refractivity contribution in [2.24, 2.45) is 0 Å². The molecule has 1 unspecified atom stereocenters. The van der Waals surface area contributed by atoms with E-state index in [0.717, 1.165) is 29.5 Å². The molecule has 0 saturated heterocycles. The Bertz CT molecular complexity index is 1110. The highest BCUT2D eigenvalue weighted by atomic mass is 35.5. The van der Waals surface area contributed by atoms with Crippen LogP contribution in [-0.4, -0.2) is 26.5 Å². The van der Waals surface area contributed by atoms with Gasteiger partial charge in [0.2, 0.25) is 15.9 Å². The summed E-state index contributed by atoms with van der Waals surface area (Å²) >= 11 is 6.47. The van der Waals surface area contributed by atoms with E-state index in [4.69, 9.17) is 11.6 Å². The first-order valence-corrected chi connectivity index (χ1v) is 10.2. The first-order valence-electron chi connectivity index (χ1n) is 9.01. The molecule has 2 aromatic heterocycles. The Kier molecular flexibility index (Phi) is 6.47. The van der Waals surface area contributed by atoms with Crippen molar-refractivity contribution < 1.29 is 22.4 Å². The summed E-state index contributed by atoms with van der Waals surface area (Å²) in [6.45, 7) is 3.84. The summed E-state index contributed by atoms with van der Waals surface area (Å²) < 4.78 is 53.6. The molecule has 0 fully saturated rings. The zero-order valence-electron chi connectivity index (χ0n) is 15.9. The standard InChI is InChI=1S/C19H17ClF4N4OS/c1-3-4-10(2)25-15(29)8-7-14-16(12-6-5-11(21)9-13(12)20)26-18-28(14)27-17(30-18)19(22,23)24/h5-10H,3-4H2,1-2H3,(H,25,29). The topological polar surface area (TPSA) is 59.3 Å². The van der Waals surface area contributed by atoms with Crippen LogP contribution >= 0.6 is 22.9 Å². The zero-order valence-corrected chi connectivity index (χ0v) is 17.5. The first kappa shape index (κ1) is 22.2. The third-order valence-electron chi connectivity index (χ3n) is 4.17. The molecule has 30 heavy (non-hydrogen) atoms. The van der Waals surface area contributed by atoms with Gasteiger partial charge in [-0.3, -0.25) is 4.79 Å². The molecule has 5 nitrogen and oxygen atoms in total. The molecule has 160 valence electrons.